The number of hydrogen-bond donors (Lipinski definition) is 1. The molecule has 0 unspecified atom stereocenters. The van der Waals surface area contributed by atoms with E-state index < -0.39 is 0 Å². The average Bonchev–Trinajstić information content (AvgIpc) is 2.44. The summed E-state index contributed by atoms with van der Waals surface area (Å²) in [6.45, 7) is 7.19. The van der Waals surface area contributed by atoms with Crippen LogP contribution < -0.4 is 5.32 Å². The predicted molar refractivity (Wildman–Crippen MR) is 94.9 cm³/mol. The number of rotatable bonds is 5. The van der Waals surface area contributed by atoms with Crippen molar-refractivity contribution in [1.82, 2.24) is 9.97 Å². The van der Waals surface area contributed by atoms with E-state index in [0.717, 1.165) is 32.8 Å². The summed E-state index contributed by atoms with van der Waals surface area (Å²) in [5, 5.41) is 3.30. The fourth-order valence-corrected chi connectivity index (χ4v) is 3.27. The molecule has 0 aliphatic carbocycles. The van der Waals surface area contributed by atoms with Crippen molar-refractivity contribution < 1.29 is 0 Å². The van der Waals surface area contributed by atoms with E-state index in [1.54, 1.807) is 0 Å². The Bertz CT molecular complexity index is 627. The molecule has 112 valence electrons. The topological polar surface area (TPSA) is 37.8 Å². The summed E-state index contributed by atoms with van der Waals surface area (Å²) in [6.07, 6.45) is 0.715. The highest BCUT2D eigenvalue weighted by Gasteiger charge is 2.15. The van der Waals surface area contributed by atoms with Crippen LogP contribution in [-0.4, -0.2) is 16.5 Å². The van der Waals surface area contributed by atoms with Crippen LogP contribution in [0.5, 0.6) is 0 Å². The molecule has 0 spiro atoms. The second-order valence-electron chi connectivity index (χ2n) is 5.14. The van der Waals surface area contributed by atoms with Crippen molar-refractivity contribution in [3.63, 3.8) is 0 Å². The van der Waals surface area contributed by atoms with Crippen LogP contribution in [-0.2, 0) is 6.42 Å². The Morgan fingerprint density at radius 1 is 1.14 bits per heavy atom. The van der Waals surface area contributed by atoms with Gasteiger partial charge in [-0.05, 0) is 40.4 Å². The average molecular weight is 413 g/mol. The fourth-order valence-electron chi connectivity index (χ4n) is 2.07. The number of nitrogens with one attached hydrogen (secondary N) is 1. The number of anilines is 1. The third-order valence-electron chi connectivity index (χ3n) is 3.12. The molecule has 21 heavy (non-hydrogen) atoms. The first-order valence-electron chi connectivity index (χ1n) is 7.06. The Labute approximate surface area is 142 Å². The Balaban J connectivity index is 2.41. The summed E-state index contributed by atoms with van der Waals surface area (Å²) in [7, 11) is 0. The van der Waals surface area contributed by atoms with Crippen LogP contribution in [0.3, 0.4) is 0 Å². The molecule has 0 amide bonds. The number of nitrogens with zero attached hydrogens (tertiary/aromatic N) is 2. The highest BCUT2D eigenvalue weighted by molar-refractivity contribution is 9.11. The van der Waals surface area contributed by atoms with Crippen LogP contribution >= 0.6 is 31.9 Å². The molecular formula is C16H19Br2N3. The van der Waals surface area contributed by atoms with Crippen LogP contribution in [0.1, 0.15) is 43.8 Å². The second-order valence-corrected chi connectivity index (χ2v) is 6.79. The van der Waals surface area contributed by atoms with Gasteiger partial charge in [-0.2, -0.15) is 0 Å². The second kappa shape index (κ2) is 7.36. The molecule has 3 nitrogen and oxygen atoms in total. The lowest BCUT2D eigenvalue weighted by Gasteiger charge is -2.14. The lowest BCUT2D eigenvalue weighted by atomic mass is 10.1. The van der Waals surface area contributed by atoms with Gasteiger partial charge in [-0.3, -0.25) is 0 Å². The van der Waals surface area contributed by atoms with Crippen molar-refractivity contribution >= 4 is 37.7 Å². The van der Waals surface area contributed by atoms with Gasteiger partial charge >= 0.3 is 0 Å². The minimum Gasteiger partial charge on any atom is -0.369 e. The molecule has 1 heterocycles. The lowest BCUT2D eigenvalue weighted by molar-refractivity contribution is 0.784. The first kappa shape index (κ1) is 16.4. The Hall–Kier alpha value is -0.940. The first-order chi connectivity index (χ1) is 10.0. The number of hydrogen-bond acceptors (Lipinski definition) is 3. The Kier molecular flexibility index (Phi) is 5.76. The van der Waals surface area contributed by atoms with Crippen LogP contribution in [0, 0.1) is 0 Å². The summed E-state index contributed by atoms with van der Waals surface area (Å²) >= 11 is 7.20. The maximum absolute atomic E-state index is 4.73. The summed E-state index contributed by atoms with van der Waals surface area (Å²) in [5.41, 5.74) is 2.24. The van der Waals surface area contributed by atoms with Gasteiger partial charge in [-0.15, -0.1) is 0 Å². The SMILES string of the molecule is CCNc1nc(Cc2ccccc2Br)nc(C(C)C)c1Br. The highest BCUT2D eigenvalue weighted by atomic mass is 79.9. The summed E-state index contributed by atoms with van der Waals surface area (Å²) in [6, 6.07) is 8.19. The molecule has 1 aromatic heterocycles. The number of halogens is 2. The third-order valence-corrected chi connectivity index (χ3v) is 4.68. The van der Waals surface area contributed by atoms with Gasteiger partial charge in [0.05, 0.1) is 10.2 Å². The van der Waals surface area contributed by atoms with E-state index in [1.807, 2.05) is 18.2 Å². The van der Waals surface area contributed by atoms with Crippen molar-refractivity contribution in [2.45, 2.75) is 33.1 Å². The molecule has 1 aromatic carbocycles. The zero-order valence-corrected chi connectivity index (χ0v) is 15.6. The summed E-state index contributed by atoms with van der Waals surface area (Å²) in [4.78, 5) is 9.38. The fraction of sp³-hybridized carbons (Fsp3) is 0.375. The van der Waals surface area contributed by atoms with Gasteiger partial charge in [0.25, 0.3) is 0 Å². The molecule has 0 saturated heterocycles. The molecule has 0 saturated carbocycles. The largest absolute Gasteiger partial charge is 0.369 e. The standard InChI is InChI=1S/C16H19Br2N3/c1-4-19-16-14(18)15(10(2)3)20-13(21-16)9-11-7-5-6-8-12(11)17/h5-8,10H,4,9H2,1-3H3,(H,19,20,21). The minimum atomic E-state index is 0.345. The van der Waals surface area contributed by atoms with Gasteiger partial charge < -0.3 is 5.32 Å². The van der Waals surface area contributed by atoms with Crippen molar-refractivity contribution in [3.8, 4) is 0 Å². The molecule has 2 rings (SSSR count). The molecule has 0 aliphatic rings. The molecule has 0 radical (unpaired) electrons. The van der Waals surface area contributed by atoms with Crippen molar-refractivity contribution in [1.29, 1.82) is 0 Å². The molecule has 1 N–H and O–H groups in total. The van der Waals surface area contributed by atoms with Gasteiger partial charge in [0.2, 0.25) is 0 Å². The van der Waals surface area contributed by atoms with Crippen molar-refractivity contribution in [2.75, 3.05) is 11.9 Å². The van der Waals surface area contributed by atoms with E-state index in [0.29, 0.717) is 12.3 Å². The quantitative estimate of drug-likeness (QED) is 0.737. The predicted octanol–water partition coefficient (Wildman–Crippen LogP) is 5.15. The van der Waals surface area contributed by atoms with Crippen LogP contribution in [0.2, 0.25) is 0 Å². The normalized spacial score (nSPS) is 11.0. The Morgan fingerprint density at radius 3 is 2.48 bits per heavy atom. The number of benzene rings is 1. The molecule has 0 aliphatic heterocycles. The molecule has 5 heteroatoms. The van der Waals surface area contributed by atoms with E-state index in [-0.39, 0.29) is 0 Å². The van der Waals surface area contributed by atoms with Gasteiger partial charge in [-0.25, -0.2) is 9.97 Å². The van der Waals surface area contributed by atoms with E-state index in [1.165, 1.54) is 5.56 Å². The maximum Gasteiger partial charge on any atom is 0.144 e. The zero-order valence-electron chi connectivity index (χ0n) is 12.5. The highest BCUT2D eigenvalue weighted by Crippen LogP contribution is 2.29. The van der Waals surface area contributed by atoms with E-state index in [9.17, 15) is 0 Å². The van der Waals surface area contributed by atoms with Crippen LogP contribution in [0.25, 0.3) is 0 Å². The number of aromatic nitrogens is 2. The summed E-state index contributed by atoms with van der Waals surface area (Å²) in [5.74, 6) is 2.06. The van der Waals surface area contributed by atoms with E-state index in [4.69, 9.17) is 4.98 Å². The van der Waals surface area contributed by atoms with Crippen molar-refractivity contribution in [2.24, 2.45) is 0 Å². The van der Waals surface area contributed by atoms with Gasteiger partial charge in [0, 0.05) is 17.4 Å². The van der Waals surface area contributed by atoms with Crippen molar-refractivity contribution in [3.05, 3.63) is 50.3 Å². The van der Waals surface area contributed by atoms with Crippen LogP contribution in [0.4, 0.5) is 5.82 Å². The van der Waals surface area contributed by atoms with E-state index in [2.05, 4.69) is 69.0 Å². The molecule has 0 atom stereocenters. The van der Waals surface area contributed by atoms with Gasteiger partial charge in [-0.1, -0.05) is 48.0 Å². The molecule has 2 aromatic rings. The molecular weight excluding hydrogens is 394 g/mol. The lowest BCUT2D eigenvalue weighted by Crippen LogP contribution is -2.09. The smallest absolute Gasteiger partial charge is 0.144 e. The van der Waals surface area contributed by atoms with Crippen LogP contribution in [0.15, 0.2) is 33.2 Å². The van der Waals surface area contributed by atoms with Gasteiger partial charge in [0.1, 0.15) is 11.6 Å². The Morgan fingerprint density at radius 2 is 1.86 bits per heavy atom. The monoisotopic (exact) mass is 411 g/mol. The molecule has 0 bridgehead atoms. The zero-order chi connectivity index (χ0) is 15.4. The molecule has 0 fully saturated rings. The minimum absolute atomic E-state index is 0.345. The van der Waals surface area contributed by atoms with E-state index >= 15 is 0 Å². The third kappa shape index (κ3) is 4.04. The van der Waals surface area contributed by atoms with Gasteiger partial charge in [0.15, 0.2) is 0 Å². The maximum atomic E-state index is 4.73. The summed E-state index contributed by atoms with van der Waals surface area (Å²) < 4.78 is 2.06. The first-order valence-corrected chi connectivity index (χ1v) is 8.65.